The van der Waals surface area contributed by atoms with Gasteiger partial charge in [-0.05, 0) is 31.2 Å². The summed E-state index contributed by atoms with van der Waals surface area (Å²) in [6.07, 6.45) is 0. The number of thioether (sulfide) groups is 1. The Bertz CT molecular complexity index is 723. The van der Waals surface area contributed by atoms with Crippen LogP contribution in [0.5, 0.6) is 0 Å². The summed E-state index contributed by atoms with van der Waals surface area (Å²) in [6, 6.07) is 5.72. The van der Waals surface area contributed by atoms with Crippen molar-refractivity contribution >= 4 is 21.9 Å². The summed E-state index contributed by atoms with van der Waals surface area (Å²) >= 11 is 1.35. The van der Waals surface area contributed by atoms with Crippen LogP contribution in [0.2, 0.25) is 0 Å². The number of rotatable bonds is 4. The van der Waals surface area contributed by atoms with Crippen molar-refractivity contribution in [2.45, 2.75) is 22.5 Å². The van der Waals surface area contributed by atoms with Gasteiger partial charge in [-0.25, -0.2) is 4.79 Å². The highest BCUT2D eigenvalue weighted by atomic mass is 32.2. The fourth-order valence-corrected chi connectivity index (χ4v) is 2.73. The first kappa shape index (κ1) is 13.9. The molecule has 1 N–H and O–H groups in total. The highest BCUT2D eigenvalue weighted by molar-refractivity contribution is 7.98. The molecule has 0 atom stereocenters. The average molecular weight is 302 g/mol. The van der Waals surface area contributed by atoms with E-state index in [-0.39, 0.29) is 4.90 Å². The molecule has 6 nitrogen and oxygen atoms in total. The highest BCUT2D eigenvalue weighted by Gasteiger charge is 2.11. The molecular weight excluding hydrogens is 292 g/mol. The smallest absolute Gasteiger partial charge is 0.396 e. The van der Waals surface area contributed by atoms with Gasteiger partial charge in [0.25, 0.3) is 10.1 Å². The van der Waals surface area contributed by atoms with Gasteiger partial charge < -0.3 is 8.83 Å². The first-order chi connectivity index (χ1) is 8.86. The summed E-state index contributed by atoms with van der Waals surface area (Å²) in [4.78, 5) is 11.5. The molecule has 0 bridgehead atoms. The zero-order chi connectivity index (χ0) is 14.0. The average Bonchev–Trinajstić information content (AvgIpc) is 2.65. The van der Waals surface area contributed by atoms with E-state index in [0.29, 0.717) is 17.3 Å². The number of aryl methyl sites for hydroxylation is 1. The Morgan fingerprint density at radius 1 is 1.21 bits per heavy atom. The van der Waals surface area contributed by atoms with Crippen molar-refractivity contribution in [2.75, 3.05) is 0 Å². The van der Waals surface area contributed by atoms with Gasteiger partial charge in [-0.2, -0.15) is 8.42 Å². The minimum absolute atomic E-state index is 0.164. The molecule has 2 rings (SSSR count). The third-order valence-electron chi connectivity index (χ3n) is 2.33. The Morgan fingerprint density at radius 3 is 2.32 bits per heavy atom. The molecule has 0 fully saturated rings. The van der Waals surface area contributed by atoms with Crippen LogP contribution in [0, 0.1) is 6.92 Å². The van der Waals surface area contributed by atoms with Crippen LogP contribution in [-0.2, 0) is 15.9 Å². The van der Waals surface area contributed by atoms with E-state index in [9.17, 15) is 13.2 Å². The van der Waals surface area contributed by atoms with Crippen molar-refractivity contribution in [1.29, 1.82) is 0 Å². The van der Waals surface area contributed by atoms with Crippen LogP contribution >= 0.6 is 11.8 Å². The van der Waals surface area contributed by atoms with Gasteiger partial charge in [0.2, 0.25) is 0 Å². The van der Waals surface area contributed by atoms with Crippen LogP contribution in [0.25, 0.3) is 0 Å². The molecule has 8 heteroatoms. The van der Waals surface area contributed by atoms with Crippen LogP contribution in [0.4, 0.5) is 0 Å². The van der Waals surface area contributed by atoms with E-state index in [1.807, 2.05) is 0 Å². The van der Waals surface area contributed by atoms with Gasteiger partial charge in [0.05, 0.1) is 10.6 Å². The van der Waals surface area contributed by atoms with Crippen molar-refractivity contribution in [3.63, 3.8) is 0 Å². The lowest BCUT2D eigenvalue weighted by Crippen LogP contribution is -1.97. The van der Waals surface area contributed by atoms with Crippen molar-refractivity contribution in [2.24, 2.45) is 0 Å². The molecule has 0 unspecified atom stereocenters. The molecule has 0 amide bonds. The Kier molecular flexibility index (Phi) is 3.83. The topological polar surface area (TPSA) is 97.7 Å². The second kappa shape index (κ2) is 5.24. The maximum atomic E-state index is 10.9. The van der Waals surface area contributed by atoms with Gasteiger partial charge in [-0.3, -0.25) is 4.55 Å². The van der Waals surface area contributed by atoms with E-state index < -0.39 is 15.9 Å². The predicted molar refractivity (Wildman–Crippen MR) is 67.8 cm³/mol. The zero-order valence-corrected chi connectivity index (χ0v) is 11.5. The molecule has 1 aromatic heterocycles. The summed E-state index contributed by atoms with van der Waals surface area (Å²) in [5, 5.41) is 0. The van der Waals surface area contributed by atoms with Crippen molar-refractivity contribution in [3.8, 4) is 0 Å². The summed E-state index contributed by atoms with van der Waals surface area (Å²) in [6.45, 7) is 1.63. The maximum Gasteiger partial charge on any atom is 0.519 e. The Balaban J connectivity index is 2.09. The molecule has 0 aliphatic heterocycles. The fourth-order valence-electron chi connectivity index (χ4n) is 1.36. The second-order valence-corrected chi connectivity index (χ2v) is 6.14. The molecule has 0 saturated heterocycles. The molecule has 2 aromatic rings. The van der Waals surface area contributed by atoms with E-state index in [4.69, 9.17) is 13.4 Å². The summed E-state index contributed by atoms with van der Waals surface area (Å²) in [5.74, 6) is 0.513. The van der Waals surface area contributed by atoms with Gasteiger partial charge in [0.15, 0.2) is 5.76 Å². The van der Waals surface area contributed by atoms with Gasteiger partial charge in [0.1, 0.15) is 5.76 Å². The first-order valence-electron chi connectivity index (χ1n) is 5.16. The van der Waals surface area contributed by atoms with Crippen molar-refractivity contribution in [3.05, 3.63) is 46.4 Å². The molecule has 0 saturated carbocycles. The Morgan fingerprint density at radius 2 is 1.84 bits per heavy atom. The quantitative estimate of drug-likeness (QED) is 0.682. The molecule has 102 valence electrons. The van der Waals surface area contributed by atoms with Gasteiger partial charge >= 0.3 is 5.82 Å². The zero-order valence-electron chi connectivity index (χ0n) is 9.82. The lowest BCUT2D eigenvalue weighted by atomic mass is 10.4. The normalized spacial score (nSPS) is 11.7. The Hall–Kier alpha value is -1.51. The lowest BCUT2D eigenvalue weighted by molar-refractivity contribution is 0.372. The molecule has 1 aromatic carbocycles. The molecule has 0 aliphatic rings. The molecule has 19 heavy (non-hydrogen) atoms. The lowest BCUT2D eigenvalue weighted by Gasteiger charge is -2.01. The molecule has 1 heterocycles. The fraction of sp³-hybridized carbons (Fsp3) is 0.182. The molecular formula is C11H10O6S2. The third kappa shape index (κ3) is 3.49. The number of benzene rings is 1. The number of hydrogen-bond acceptors (Lipinski definition) is 6. The van der Waals surface area contributed by atoms with Gasteiger partial charge in [0, 0.05) is 4.90 Å². The summed E-state index contributed by atoms with van der Waals surface area (Å²) in [7, 11) is -4.17. The van der Waals surface area contributed by atoms with Crippen molar-refractivity contribution < 1.29 is 21.8 Å². The van der Waals surface area contributed by atoms with Crippen LogP contribution < -0.4 is 5.82 Å². The monoisotopic (exact) mass is 302 g/mol. The Labute approximate surface area is 113 Å². The maximum absolute atomic E-state index is 10.9. The van der Waals surface area contributed by atoms with Crippen LogP contribution in [-0.4, -0.2) is 13.0 Å². The standard InChI is InChI=1S/C11H10O6S2/c1-7-10(17-11(12)16-7)6-18-8-2-4-9(5-3-8)19(13,14)15/h2-5H,6H2,1H3,(H,13,14,15). The van der Waals surface area contributed by atoms with Crippen LogP contribution in [0.1, 0.15) is 11.5 Å². The molecule has 0 spiro atoms. The minimum Gasteiger partial charge on any atom is -0.396 e. The SMILES string of the molecule is Cc1oc(=O)oc1CSc1ccc(S(=O)(=O)O)cc1. The van der Waals surface area contributed by atoms with E-state index in [1.165, 1.54) is 23.9 Å². The second-order valence-electron chi connectivity index (χ2n) is 3.67. The van der Waals surface area contributed by atoms with Crippen LogP contribution in [0.3, 0.4) is 0 Å². The first-order valence-corrected chi connectivity index (χ1v) is 7.58. The van der Waals surface area contributed by atoms with Gasteiger partial charge in [-0.15, -0.1) is 11.8 Å². The third-order valence-corrected chi connectivity index (χ3v) is 4.21. The number of hydrogen-bond donors (Lipinski definition) is 1. The van der Waals surface area contributed by atoms with E-state index in [1.54, 1.807) is 19.1 Å². The van der Waals surface area contributed by atoms with E-state index >= 15 is 0 Å². The summed E-state index contributed by atoms with van der Waals surface area (Å²) < 4.78 is 40.1. The largest absolute Gasteiger partial charge is 0.519 e. The highest BCUT2D eigenvalue weighted by Crippen LogP contribution is 2.25. The molecule has 0 radical (unpaired) electrons. The van der Waals surface area contributed by atoms with E-state index in [2.05, 4.69) is 0 Å². The van der Waals surface area contributed by atoms with Gasteiger partial charge in [-0.1, -0.05) is 0 Å². The van der Waals surface area contributed by atoms with Crippen LogP contribution in [0.15, 0.2) is 47.7 Å². The molecule has 0 aliphatic carbocycles. The summed E-state index contributed by atoms with van der Waals surface area (Å²) in [5.41, 5.74) is 0. The predicted octanol–water partition coefficient (Wildman–Crippen LogP) is 2.08. The van der Waals surface area contributed by atoms with E-state index in [0.717, 1.165) is 4.90 Å². The van der Waals surface area contributed by atoms with Crippen molar-refractivity contribution in [1.82, 2.24) is 0 Å². The minimum atomic E-state index is -4.17.